The summed E-state index contributed by atoms with van der Waals surface area (Å²) in [6.07, 6.45) is 4.85. The van der Waals surface area contributed by atoms with Crippen LogP contribution in [0.4, 0.5) is 10.1 Å². The van der Waals surface area contributed by atoms with Crippen molar-refractivity contribution in [3.05, 3.63) is 29.6 Å². The van der Waals surface area contributed by atoms with Crippen molar-refractivity contribution < 1.29 is 4.39 Å². The van der Waals surface area contributed by atoms with Crippen LogP contribution in [0.15, 0.2) is 18.2 Å². The highest BCUT2D eigenvalue weighted by molar-refractivity contribution is 9.08. The van der Waals surface area contributed by atoms with Crippen LogP contribution in [0.3, 0.4) is 0 Å². The van der Waals surface area contributed by atoms with Crippen molar-refractivity contribution in [2.75, 3.05) is 11.4 Å². The fourth-order valence-electron chi connectivity index (χ4n) is 2.60. The lowest BCUT2D eigenvalue weighted by molar-refractivity contribution is 0.579. The summed E-state index contributed by atoms with van der Waals surface area (Å²) in [7, 11) is 0. The standard InChI is InChI=1S/C14H19BrFN/c1-11-6-3-2-4-9-17(11)14-12(10-15)7-5-8-13(14)16/h5,7-8,11H,2-4,6,9-10H2,1H3. The van der Waals surface area contributed by atoms with Gasteiger partial charge in [-0.25, -0.2) is 4.39 Å². The van der Waals surface area contributed by atoms with E-state index in [0.29, 0.717) is 11.4 Å². The molecule has 1 aliphatic heterocycles. The van der Waals surface area contributed by atoms with Gasteiger partial charge in [-0.2, -0.15) is 0 Å². The third kappa shape index (κ3) is 2.82. The molecule has 94 valence electrons. The van der Waals surface area contributed by atoms with Crippen molar-refractivity contribution in [1.29, 1.82) is 0 Å². The maximum atomic E-state index is 14.1. The molecule has 1 heterocycles. The number of anilines is 1. The van der Waals surface area contributed by atoms with Crippen molar-refractivity contribution in [2.24, 2.45) is 0 Å². The van der Waals surface area contributed by atoms with Gasteiger partial charge in [-0.15, -0.1) is 0 Å². The topological polar surface area (TPSA) is 3.24 Å². The second-order valence-electron chi connectivity index (χ2n) is 4.77. The maximum absolute atomic E-state index is 14.1. The van der Waals surface area contributed by atoms with E-state index in [1.165, 1.54) is 19.3 Å². The Balaban J connectivity index is 2.36. The Kier molecular flexibility index (Phi) is 4.43. The maximum Gasteiger partial charge on any atom is 0.146 e. The molecule has 0 bridgehead atoms. The van der Waals surface area contributed by atoms with Gasteiger partial charge in [0.25, 0.3) is 0 Å². The van der Waals surface area contributed by atoms with Gasteiger partial charge in [0, 0.05) is 17.9 Å². The highest BCUT2D eigenvalue weighted by atomic mass is 79.9. The van der Waals surface area contributed by atoms with E-state index in [2.05, 4.69) is 27.8 Å². The highest BCUT2D eigenvalue weighted by Crippen LogP contribution is 2.31. The van der Waals surface area contributed by atoms with Crippen LogP contribution in [0, 0.1) is 5.82 Å². The first-order chi connectivity index (χ1) is 8.24. The minimum Gasteiger partial charge on any atom is -0.366 e. The quantitative estimate of drug-likeness (QED) is 0.727. The molecule has 1 aromatic rings. The van der Waals surface area contributed by atoms with Crippen molar-refractivity contribution in [1.82, 2.24) is 0 Å². The van der Waals surface area contributed by atoms with E-state index in [0.717, 1.165) is 24.2 Å². The fourth-order valence-corrected chi connectivity index (χ4v) is 3.05. The summed E-state index contributed by atoms with van der Waals surface area (Å²) in [5.41, 5.74) is 1.86. The molecule has 0 spiro atoms. The fraction of sp³-hybridized carbons (Fsp3) is 0.571. The van der Waals surface area contributed by atoms with Crippen LogP contribution in [0.25, 0.3) is 0 Å². The summed E-state index contributed by atoms with van der Waals surface area (Å²) in [4.78, 5) is 2.25. The van der Waals surface area contributed by atoms with E-state index >= 15 is 0 Å². The first-order valence-corrected chi connectivity index (χ1v) is 7.46. The van der Waals surface area contributed by atoms with Crippen molar-refractivity contribution in [3.63, 3.8) is 0 Å². The molecule has 0 aromatic heterocycles. The second-order valence-corrected chi connectivity index (χ2v) is 5.33. The Hall–Kier alpha value is -0.570. The van der Waals surface area contributed by atoms with Crippen molar-refractivity contribution in [3.8, 4) is 0 Å². The van der Waals surface area contributed by atoms with E-state index < -0.39 is 0 Å². The van der Waals surface area contributed by atoms with E-state index in [1.54, 1.807) is 12.1 Å². The lowest BCUT2D eigenvalue weighted by atomic mass is 10.1. The third-order valence-electron chi connectivity index (χ3n) is 3.55. The normalized spacial score (nSPS) is 21.4. The Morgan fingerprint density at radius 1 is 1.35 bits per heavy atom. The van der Waals surface area contributed by atoms with Crippen LogP contribution in [-0.4, -0.2) is 12.6 Å². The van der Waals surface area contributed by atoms with Gasteiger partial charge >= 0.3 is 0 Å². The molecule has 2 rings (SSSR count). The number of hydrogen-bond donors (Lipinski definition) is 0. The summed E-state index contributed by atoms with van der Waals surface area (Å²) in [5.74, 6) is -0.0873. The molecular weight excluding hydrogens is 281 g/mol. The Morgan fingerprint density at radius 2 is 2.18 bits per heavy atom. The van der Waals surface area contributed by atoms with Gasteiger partial charge in [-0.3, -0.25) is 0 Å². The first-order valence-electron chi connectivity index (χ1n) is 6.34. The minimum absolute atomic E-state index is 0.0873. The van der Waals surface area contributed by atoms with Gasteiger partial charge in [0.2, 0.25) is 0 Å². The Bertz CT molecular complexity index is 380. The van der Waals surface area contributed by atoms with E-state index in [1.807, 2.05) is 6.07 Å². The predicted octanol–water partition coefficient (Wildman–Crippen LogP) is 4.49. The molecule has 1 unspecified atom stereocenters. The molecular formula is C14H19BrFN. The molecule has 0 radical (unpaired) electrons. The number of alkyl halides is 1. The van der Waals surface area contributed by atoms with E-state index in [4.69, 9.17) is 0 Å². The average molecular weight is 300 g/mol. The molecule has 1 aromatic carbocycles. The summed E-state index contributed by atoms with van der Waals surface area (Å²) < 4.78 is 14.1. The minimum atomic E-state index is -0.0873. The smallest absolute Gasteiger partial charge is 0.146 e. The number of rotatable bonds is 2. The molecule has 0 aliphatic carbocycles. The van der Waals surface area contributed by atoms with Gasteiger partial charge < -0.3 is 4.90 Å². The van der Waals surface area contributed by atoms with Crippen molar-refractivity contribution in [2.45, 2.75) is 44.0 Å². The van der Waals surface area contributed by atoms with Crippen LogP contribution >= 0.6 is 15.9 Å². The van der Waals surface area contributed by atoms with E-state index in [-0.39, 0.29) is 5.82 Å². The summed E-state index contributed by atoms with van der Waals surface area (Å²) in [5, 5.41) is 0.712. The molecule has 0 amide bonds. The van der Waals surface area contributed by atoms with Crippen LogP contribution in [0.5, 0.6) is 0 Å². The first kappa shape index (κ1) is 12.9. The average Bonchev–Trinajstić information content (AvgIpc) is 2.54. The van der Waals surface area contributed by atoms with Gasteiger partial charge in [0.05, 0.1) is 5.69 Å². The number of nitrogens with zero attached hydrogens (tertiary/aromatic N) is 1. The van der Waals surface area contributed by atoms with Crippen LogP contribution in [0.1, 0.15) is 38.2 Å². The Labute approximate surface area is 111 Å². The van der Waals surface area contributed by atoms with Crippen LogP contribution in [-0.2, 0) is 5.33 Å². The number of benzene rings is 1. The molecule has 1 fully saturated rings. The number of hydrogen-bond acceptors (Lipinski definition) is 1. The summed E-state index contributed by atoms with van der Waals surface area (Å²) >= 11 is 3.46. The SMILES string of the molecule is CC1CCCCCN1c1c(F)cccc1CBr. The number of halogens is 2. The van der Waals surface area contributed by atoms with Gasteiger partial charge in [-0.1, -0.05) is 40.9 Å². The molecule has 17 heavy (non-hydrogen) atoms. The van der Waals surface area contributed by atoms with Gasteiger partial charge in [0.15, 0.2) is 0 Å². The Morgan fingerprint density at radius 3 is 2.94 bits per heavy atom. The zero-order valence-corrected chi connectivity index (χ0v) is 11.8. The zero-order chi connectivity index (χ0) is 12.3. The summed E-state index contributed by atoms with van der Waals surface area (Å²) in [6.45, 7) is 3.18. The lowest BCUT2D eigenvalue weighted by Crippen LogP contribution is -2.33. The van der Waals surface area contributed by atoms with Gasteiger partial charge in [-0.05, 0) is 31.4 Å². The summed E-state index contributed by atoms with van der Waals surface area (Å²) in [6, 6.07) is 5.80. The largest absolute Gasteiger partial charge is 0.366 e. The lowest BCUT2D eigenvalue weighted by Gasteiger charge is -2.31. The second kappa shape index (κ2) is 5.85. The monoisotopic (exact) mass is 299 g/mol. The van der Waals surface area contributed by atoms with Crippen LogP contribution < -0.4 is 4.90 Å². The molecule has 1 saturated heterocycles. The molecule has 1 nitrogen and oxygen atoms in total. The predicted molar refractivity (Wildman–Crippen MR) is 74.3 cm³/mol. The third-order valence-corrected chi connectivity index (χ3v) is 4.16. The molecule has 3 heteroatoms. The zero-order valence-electron chi connectivity index (χ0n) is 10.3. The van der Waals surface area contributed by atoms with E-state index in [9.17, 15) is 4.39 Å². The molecule has 1 atom stereocenters. The molecule has 1 aliphatic rings. The molecule has 0 N–H and O–H groups in total. The molecule has 0 saturated carbocycles. The highest BCUT2D eigenvalue weighted by Gasteiger charge is 2.22. The van der Waals surface area contributed by atoms with Crippen LogP contribution in [0.2, 0.25) is 0 Å². The van der Waals surface area contributed by atoms with Gasteiger partial charge in [0.1, 0.15) is 5.82 Å². The van der Waals surface area contributed by atoms with Crippen molar-refractivity contribution >= 4 is 21.6 Å². The number of para-hydroxylation sites is 1.